The van der Waals surface area contributed by atoms with Crippen LogP contribution in [0.25, 0.3) is 0 Å². The third-order valence-corrected chi connectivity index (χ3v) is 5.45. The SMILES string of the molecule is C=C(COCCc1ccc([C@@H]2CCCC[C@H](Oc3ccc(C)nc3)C2)cc1)N=O. The first-order valence-corrected chi connectivity index (χ1v) is 10.4. The number of aromatic nitrogens is 1. The van der Waals surface area contributed by atoms with Crippen LogP contribution in [0.3, 0.4) is 0 Å². The molecule has 0 radical (unpaired) electrons. The summed E-state index contributed by atoms with van der Waals surface area (Å²) in [7, 11) is 0. The quantitative estimate of drug-likeness (QED) is 0.310. The van der Waals surface area contributed by atoms with Crippen molar-refractivity contribution in [2.75, 3.05) is 13.2 Å². The van der Waals surface area contributed by atoms with Crippen LogP contribution in [0, 0.1) is 11.8 Å². The van der Waals surface area contributed by atoms with E-state index >= 15 is 0 Å². The molecule has 154 valence electrons. The summed E-state index contributed by atoms with van der Waals surface area (Å²) in [6.07, 6.45) is 8.65. The average Bonchev–Trinajstić information content (AvgIpc) is 2.98. The molecule has 0 saturated heterocycles. The van der Waals surface area contributed by atoms with Crippen LogP contribution in [0.15, 0.2) is 60.0 Å². The van der Waals surface area contributed by atoms with E-state index in [-0.39, 0.29) is 18.4 Å². The highest BCUT2D eigenvalue weighted by molar-refractivity contribution is 5.26. The highest BCUT2D eigenvalue weighted by Crippen LogP contribution is 2.33. The molecule has 0 spiro atoms. The Morgan fingerprint density at radius 3 is 2.69 bits per heavy atom. The van der Waals surface area contributed by atoms with Crippen LogP contribution >= 0.6 is 0 Å². The molecular formula is C24H30N2O3. The molecule has 0 amide bonds. The predicted octanol–water partition coefficient (Wildman–Crippen LogP) is 5.72. The lowest BCUT2D eigenvalue weighted by Crippen LogP contribution is -2.18. The van der Waals surface area contributed by atoms with Crippen LogP contribution in [-0.4, -0.2) is 24.3 Å². The Hall–Kier alpha value is -2.53. The number of pyridine rings is 1. The number of nitrogens with zero attached hydrogens (tertiary/aromatic N) is 2. The van der Waals surface area contributed by atoms with Crippen LogP contribution in [0.1, 0.15) is 54.8 Å². The Morgan fingerprint density at radius 2 is 1.97 bits per heavy atom. The van der Waals surface area contributed by atoms with Gasteiger partial charge in [0.1, 0.15) is 11.4 Å². The number of benzene rings is 1. The van der Waals surface area contributed by atoms with Crippen LogP contribution < -0.4 is 4.74 Å². The second kappa shape index (κ2) is 10.9. The van der Waals surface area contributed by atoms with Gasteiger partial charge in [-0.2, -0.15) is 0 Å². The smallest absolute Gasteiger partial charge is 0.138 e. The second-order valence-corrected chi connectivity index (χ2v) is 7.79. The lowest BCUT2D eigenvalue weighted by atomic mass is 9.90. The van der Waals surface area contributed by atoms with Gasteiger partial charge in [-0.05, 0) is 73.4 Å². The molecule has 5 heteroatoms. The first-order chi connectivity index (χ1) is 14.1. The van der Waals surface area contributed by atoms with E-state index in [0.29, 0.717) is 12.5 Å². The molecule has 1 aromatic heterocycles. The summed E-state index contributed by atoms with van der Waals surface area (Å²) in [5.74, 6) is 1.39. The van der Waals surface area contributed by atoms with Gasteiger partial charge in [0.15, 0.2) is 0 Å². The number of hydrogen-bond donors (Lipinski definition) is 0. The van der Waals surface area contributed by atoms with Crippen molar-refractivity contribution >= 4 is 0 Å². The maximum atomic E-state index is 10.3. The Morgan fingerprint density at radius 1 is 1.17 bits per heavy atom. The molecule has 2 aromatic rings. The largest absolute Gasteiger partial charge is 0.489 e. The molecule has 3 rings (SSSR count). The summed E-state index contributed by atoms with van der Waals surface area (Å²) < 4.78 is 11.7. The lowest BCUT2D eigenvalue weighted by molar-refractivity contribution is 0.159. The lowest BCUT2D eigenvalue weighted by Gasteiger charge is -2.22. The van der Waals surface area contributed by atoms with Crippen molar-refractivity contribution in [3.63, 3.8) is 0 Å². The van der Waals surface area contributed by atoms with Crippen LogP contribution in [0.2, 0.25) is 0 Å². The van der Waals surface area contributed by atoms with Crippen molar-refractivity contribution in [1.29, 1.82) is 0 Å². The van der Waals surface area contributed by atoms with Crippen LogP contribution in [-0.2, 0) is 11.2 Å². The first kappa shape index (κ1) is 21.2. The van der Waals surface area contributed by atoms with E-state index < -0.39 is 0 Å². The molecule has 1 aliphatic carbocycles. The molecule has 1 aromatic carbocycles. The number of aryl methyl sites for hydroxylation is 1. The normalized spacial score (nSPS) is 19.3. The Labute approximate surface area is 173 Å². The fraction of sp³-hybridized carbons (Fsp3) is 0.458. The van der Waals surface area contributed by atoms with Crippen molar-refractivity contribution < 1.29 is 9.47 Å². The molecule has 1 heterocycles. The maximum Gasteiger partial charge on any atom is 0.138 e. The third kappa shape index (κ3) is 6.79. The van der Waals surface area contributed by atoms with E-state index in [4.69, 9.17) is 9.47 Å². The van der Waals surface area contributed by atoms with Gasteiger partial charge < -0.3 is 9.47 Å². The summed E-state index contributed by atoms with van der Waals surface area (Å²) in [5.41, 5.74) is 3.84. The fourth-order valence-electron chi connectivity index (χ4n) is 3.80. The van der Waals surface area contributed by atoms with Gasteiger partial charge in [-0.15, -0.1) is 4.91 Å². The topological polar surface area (TPSA) is 60.8 Å². The summed E-state index contributed by atoms with van der Waals surface area (Å²) >= 11 is 0. The van der Waals surface area contributed by atoms with Gasteiger partial charge in [0.2, 0.25) is 0 Å². The number of ether oxygens (including phenoxy) is 2. The van der Waals surface area contributed by atoms with E-state index in [1.807, 2.05) is 25.3 Å². The van der Waals surface area contributed by atoms with E-state index in [0.717, 1.165) is 30.7 Å². The van der Waals surface area contributed by atoms with E-state index in [2.05, 4.69) is 41.0 Å². The minimum Gasteiger partial charge on any atom is -0.489 e. The van der Waals surface area contributed by atoms with Crippen molar-refractivity contribution in [3.8, 4) is 5.75 Å². The molecule has 0 unspecified atom stereocenters. The Balaban J connectivity index is 1.53. The van der Waals surface area contributed by atoms with Crippen molar-refractivity contribution in [2.24, 2.45) is 5.18 Å². The third-order valence-electron chi connectivity index (χ3n) is 5.45. The van der Waals surface area contributed by atoms with Crippen LogP contribution in [0.5, 0.6) is 5.75 Å². The Bertz CT molecular complexity index is 787. The van der Waals surface area contributed by atoms with Gasteiger partial charge in [-0.3, -0.25) is 4.98 Å². The van der Waals surface area contributed by atoms with Gasteiger partial charge >= 0.3 is 0 Å². The Kier molecular flexibility index (Phi) is 7.94. The van der Waals surface area contributed by atoms with Gasteiger partial charge in [-0.25, -0.2) is 0 Å². The number of rotatable bonds is 9. The molecule has 1 saturated carbocycles. The molecular weight excluding hydrogens is 364 g/mol. The highest BCUT2D eigenvalue weighted by atomic mass is 16.5. The van der Waals surface area contributed by atoms with Crippen molar-refractivity contribution in [3.05, 3.63) is 76.6 Å². The first-order valence-electron chi connectivity index (χ1n) is 10.4. The summed E-state index contributed by atoms with van der Waals surface area (Å²) in [5, 5.41) is 2.76. The average molecular weight is 395 g/mol. The van der Waals surface area contributed by atoms with Gasteiger partial charge in [0.25, 0.3) is 0 Å². The molecule has 1 aliphatic rings. The molecule has 0 bridgehead atoms. The number of hydrogen-bond acceptors (Lipinski definition) is 5. The molecule has 1 fully saturated rings. The minimum atomic E-state index is 0.196. The van der Waals surface area contributed by atoms with E-state index in [1.165, 1.54) is 30.4 Å². The molecule has 0 aliphatic heterocycles. The van der Waals surface area contributed by atoms with Gasteiger partial charge in [0, 0.05) is 5.69 Å². The monoisotopic (exact) mass is 394 g/mol. The summed E-state index contributed by atoms with van der Waals surface area (Å²) in [4.78, 5) is 14.6. The molecule has 29 heavy (non-hydrogen) atoms. The minimum absolute atomic E-state index is 0.196. The predicted molar refractivity (Wildman–Crippen MR) is 115 cm³/mol. The zero-order chi connectivity index (χ0) is 20.5. The van der Waals surface area contributed by atoms with E-state index in [1.54, 1.807) is 0 Å². The van der Waals surface area contributed by atoms with E-state index in [9.17, 15) is 4.91 Å². The summed E-state index contributed by atoms with van der Waals surface area (Å²) in [6.45, 7) is 6.24. The molecule has 0 N–H and O–H groups in total. The van der Waals surface area contributed by atoms with Crippen molar-refractivity contribution in [1.82, 2.24) is 4.98 Å². The fourth-order valence-corrected chi connectivity index (χ4v) is 3.80. The highest BCUT2D eigenvalue weighted by Gasteiger charge is 2.23. The summed E-state index contributed by atoms with van der Waals surface area (Å²) in [6, 6.07) is 12.8. The van der Waals surface area contributed by atoms with Crippen LogP contribution in [0.4, 0.5) is 0 Å². The second-order valence-electron chi connectivity index (χ2n) is 7.79. The molecule has 2 atom stereocenters. The standard InChI is InChI=1S/C24H30N2O3/c1-18-7-12-24(16-25-18)29-23-6-4-3-5-22(15-23)21-10-8-20(9-11-21)13-14-28-17-19(2)26-27/h7-12,16,22-23H,2-6,13-15,17H2,1H3/t22-,23+/m1/s1. The zero-order valence-corrected chi connectivity index (χ0v) is 17.2. The number of nitroso groups, excluding NO2 is 1. The molecule has 5 nitrogen and oxygen atoms in total. The zero-order valence-electron chi connectivity index (χ0n) is 17.2. The maximum absolute atomic E-state index is 10.3. The van der Waals surface area contributed by atoms with Crippen molar-refractivity contribution in [2.45, 2.75) is 57.5 Å². The van der Waals surface area contributed by atoms with Gasteiger partial charge in [0.05, 0.1) is 25.5 Å². The van der Waals surface area contributed by atoms with Gasteiger partial charge in [-0.1, -0.05) is 37.3 Å².